The zero-order valence-electron chi connectivity index (χ0n) is 18.4. The SMILES string of the molecule is Cc1ccc(C)c(NC(=O)Nc2cc(NC(=O)c3ccccc3)ccc2N2CCCC2)c1. The summed E-state index contributed by atoms with van der Waals surface area (Å²) in [6.07, 6.45) is 2.25. The van der Waals surface area contributed by atoms with Gasteiger partial charge in [0.15, 0.2) is 0 Å². The summed E-state index contributed by atoms with van der Waals surface area (Å²) in [7, 11) is 0. The second-order valence-corrected chi connectivity index (χ2v) is 8.14. The normalized spacial score (nSPS) is 13.0. The van der Waals surface area contributed by atoms with E-state index in [-0.39, 0.29) is 11.9 Å². The molecule has 0 atom stereocenters. The molecule has 0 unspecified atom stereocenters. The maximum absolute atomic E-state index is 12.8. The van der Waals surface area contributed by atoms with E-state index in [9.17, 15) is 9.59 Å². The molecule has 1 aliphatic rings. The minimum atomic E-state index is -0.314. The number of benzene rings is 3. The molecule has 3 aromatic carbocycles. The molecule has 32 heavy (non-hydrogen) atoms. The van der Waals surface area contributed by atoms with Gasteiger partial charge in [0.05, 0.1) is 11.4 Å². The number of hydrogen-bond donors (Lipinski definition) is 3. The van der Waals surface area contributed by atoms with Gasteiger partial charge in [-0.05, 0) is 74.2 Å². The summed E-state index contributed by atoms with van der Waals surface area (Å²) in [5.41, 5.74) is 5.68. The van der Waals surface area contributed by atoms with Crippen LogP contribution in [0.3, 0.4) is 0 Å². The van der Waals surface area contributed by atoms with Crippen molar-refractivity contribution in [3.8, 4) is 0 Å². The van der Waals surface area contributed by atoms with Gasteiger partial charge in [0, 0.05) is 30.0 Å². The first-order valence-corrected chi connectivity index (χ1v) is 10.9. The molecule has 0 bridgehead atoms. The van der Waals surface area contributed by atoms with Crippen LogP contribution in [0.15, 0.2) is 66.7 Å². The highest BCUT2D eigenvalue weighted by molar-refractivity contribution is 6.06. The van der Waals surface area contributed by atoms with Crippen LogP contribution in [0.25, 0.3) is 0 Å². The predicted octanol–water partition coefficient (Wildman–Crippen LogP) is 5.80. The van der Waals surface area contributed by atoms with E-state index >= 15 is 0 Å². The smallest absolute Gasteiger partial charge is 0.323 e. The van der Waals surface area contributed by atoms with E-state index in [1.165, 1.54) is 0 Å². The van der Waals surface area contributed by atoms with Gasteiger partial charge in [0.25, 0.3) is 5.91 Å². The Labute approximate surface area is 188 Å². The van der Waals surface area contributed by atoms with Gasteiger partial charge in [0.1, 0.15) is 0 Å². The molecule has 0 spiro atoms. The maximum atomic E-state index is 12.8. The molecule has 0 aliphatic carbocycles. The van der Waals surface area contributed by atoms with Gasteiger partial charge in [-0.15, -0.1) is 0 Å². The Morgan fingerprint density at radius 2 is 1.50 bits per heavy atom. The first-order valence-electron chi connectivity index (χ1n) is 10.9. The molecule has 3 N–H and O–H groups in total. The van der Waals surface area contributed by atoms with Gasteiger partial charge in [-0.3, -0.25) is 4.79 Å². The van der Waals surface area contributed by atoms with E-state index < -0.39 is 0 Å². The van der Waals surface area contributed by atoms with Crippen LogP contribution >= 0.6 is 0 Å². The molecule has 1 aliphatic heterocycles. The van der Waals surface area contributed by atoms with E-state index in [2.05, 4.69) is 20.9 Å². The Hall–Kier alpha value is -3.80. The third-order valence-electron chi connectivity index (χ3n) is 5.63. The first kappa shape index (κ1) is 21.4. The third kappa shape index (κ3) is 5.09. The van der Waals surface area contributed by atoms with Crippen LogP contribution in [0.5, 0.6) is 0 Å². The van der Waals surface area contributed by atoms with Gasteiger partial charge in [-0.1, -0.05) is 30.3 Å². The van der Waals surface area contributed by atoms with Crippen LogP contribution in [0.4, 0.5) is 27.5 Å². The number of rotatable bonds is 5. The largest absolute Gasteiger partial charge is 0.370 e. The highest BCUT2D eigenvalue weighted by atomic mass is 16.2. The van der Waals surface area contributed by atoms with E-state index in [4.69, 9.17) is 0 Å². The van der Waals surface area contributed by atoms with Crippen molar-refractivity contribution in [3.63, 3.8) is 0 Å². The summed E-state index contributed by atoms with van der Waals surface area (Å²) >= 11 is 0. The minimum Gasteiger partial charge on any atom is -0.370 e. The molecule has 6 heteroatoms. The molecule has 1 heterocycles. The number of hydrogen-bond acceptors (Lipinski definition) is 3. The lowest BCUT2D eigenvalue weighted by atomic mass is 10.1. The fourth-order valence-corrected chi connectivity index (χ4v) is 3.89. The second kappa shape index (κ2) is 9.56. The van der Waals surface area contributed by atoms with Crippen molar-refractivity contribution in [2.24, 2.45) is 0 Å². The summed E-state index contributed by atoms with van der Waals surface area (Å²) in [6.45, 7) is 5.85. The van der Waals surface area contributed by atoms with E-state index in [0.29, 0.717) is 16.9 Å². The standard InChI is InChI=1S/C26H28N4O2/c1-18-10-11-19(2)22(16-18)28-26(32)29-23-17-21(12-13-24(23)30-14-6-7-15-30)27-25(31)20-8-4-3-5-9-20/h3-5,8-13,16-17H,6-7,14-15H2,1-2H3,(H,27,31)(H2,28,29,32). The molecule has 4 rings (SSSR count). The molecule has 0 saturated carbocycles. The van der Waals surface area contributed by atoms with Gasteiger partial charge in [-0.25, -0.2) is 4.79 Å². The zero-order valence-corrected chi connectivity index (χ0v) is 18.4. The number of amides is 3. The molecule has 0 aromatic heterocycles. The van der Waals surface area contributed by atoms with Gasteiger partial charge < -0.3 is 20.9 Å². The molecule has 164 valence electrons. The topological polar surface area (TPSA) is 73.5 Å². The lowest BCUT2D eigenvalue weighted by Crippen LogP contribution is -2.24. The summed E-state index contributed by atoms with van der Waals surface area (Å²) in [5.74, 6) is -0.190. The number of carbonyl (C=O) groups is 2. The van der Waals surface area contributed by atoms with Crippen LogP contribution in [0, 0.1) is 13.8 Å². The number of nitrogens with one attached hydrogen (secondary N) is 3. The molecular weight excluding hydrogens is 400 g/mol. The van der Waals surface area contributed by atoms with Crippen LogP contribution in [0.1, 0.15) is 34.3 Å². The van der Waals surface area contributed by atoms with Gasteiger partial charge >= 0.3 is 6.03 Å². The molecule has 3 amide bonds. The highest BCUT2D eigenvalue weighted by Gasteiger charge is 2.18. The molecule has 1 fully saturated rings. The Morgan fingerprint density at radius 3 is 2.25 bits per heavy atom. The van der Waals surface area contributed by atoms with Crippen molar-refractivity contribution >= 4 is 34.7 Å². The number of carbonyl (C=O) groups excluding carboxylic acids is 2. The quantitative estimate of drug-likeness (QED) is 0.481. The molecule has 6 nitrogen and oxygen atoms in total. The van der Waals surface area contributed by atoms with Gasteiger partial charge in [0.2, 0.25) is 0 Å². The molecule has 0 radical (unpaired) electrons. The minimum absolute atomic E-state index is 0.190. The molecule has 3 aromatic rings. The average Bonchev–Trinajstić information content (AvgIpc) is 3.32. The van der Waals surface area contributed by atoms with Crippen molar-refractivity contribution in [3.05, 3.63) is 83.4 Å². The summed E-state index contributed by atoms with van der Waals surface area (Å²) in [6, 6.07) is 20.4. The summed E-state index contributed by atoms with van der Waals surface area (Å²) in [4.78, 5) is 27.7. The third-order valence-corrected chi connectivity index (χ3v) is 5.63. The fraction of sp³-hybridized carbons (Fsp3) is 0.231. The van der Waals surface area contributed by atoms with E-state index in [1.807, 2.05) is 68.4 Å². The maximum Gasteiger partial charge on any atom is 0.323 e. The monoisotopic (exact) mass is 428 g/mol. The number of nitrogens with zero attached hydrogens (tertiary/aromatic N) is 1. The number of urea groups is 1. The number of aryl methyl sites for hydroxylation is 2. The van der Waals surface area contributed by atoms with Crippen molar-refractivity contribution in [2.45, 2.75) is 26.7 Å². The highest BCUT2D eigenvalue weighted by Crippen LogP contribution is 2.32. The summed E-state index contributed by atoms with van der Waals surface area (Å²) < 4.78 is 0. The van der Waals surface area contributed by atoms with Crippen molar-refractivity contribution in [1.29, 1.82) is 0 Å². The van der Waals surface area contributed by atoms with Crippen LogP contribution in [0.2, 0.25) is 0 Å². The lowest BCUT2D eigenvalue weighted by molar-refractivity contribution is 0.102. The van der Waals surface area contributed by atoms with E-state index in [0.717, 1.165) is 48.4 Å². The predicted molar refractivity (Wildman–Crippen MR) is 131 cm³/mol. The Morgan fingerprint density at radius 1 is 0.781 bits per heavy atom. The lowest BCUT2D eigenvalue weighted by Gasteiger charge is -2.23. The summed E-state index contributed by atoms with van der Waals surface area (Å²) in [5, 5.41) is 8.87. The van der Waals surface area contributed by atoms with Crippen LogP contribution in [-0.2, 0) is 0 Å². The zero-order chi connectivity index (χ0) is 22.5. The van der Waals surface area contributed by atoms with Crippen molar-refractivity contribution < 1.29 is 9.59 Å². The Balaban J connectivity index is 1.56. The Bertz CT molecular complexity index is 1120. The average molecular weight is 429 g/mol. The van der Waals surface area contributed by atoms with E-state index in [1.54, 1.807) is 12.1 Å². The van der Waals surface area contributed by atoms with Crippen LogP contribution in [-0.4, -0.2) is 25.0 Å². The molecule has 1 saturated heterocycles. The van der Waals surface area contributed by atoms with Crippen molar-refractivity contribution in [2.75, 3.05) is 33.9 Å². The Kier molecular flexibility index (Phi) is 6.40. The second-order valence-electron chi connectivity index (χ2n) is 8.14. The van der Waals surface area contributed by atoms with Crippen LogP contribution < -0.4 is 20.9 Å². The molecular formula is C26H28N4O2. The van der Waals surface area contributed by atoms with Crippen molar-refractivity contribution in [1.82, 2.24) is 0 Å². The number of anilines is 4. The fourth-order valence-electron chi connectivity index (χ4n) is 3.89. The first-order chi connectivity index (χ1) is 15.5. The van der Waals surface area contributed by atoms with Gasteiger partial charge in [-0.2, -0.15) is 0 Å².